The van der Waals surface area contributed by atoms with Gasteiger partial charge >= 0.3 is 0 Å². The molecule has 1 aromatic rings. The van der Waals surface area contributed by atoms with Crippen LogP contribution in [-0.2, 0) is 11.2 Å². The highest BCUT2D eigenvalue weighted by Gasteiger charge is 2.57. The van der Waals surface area contributed by atoms with Crippen LogP contribution in [0.1, 0.15) is 56.6 Å². The summed E-state index contributed by atoms with van der Waals surface area (Å²) in [7, 11) is 0. The molecular weight excluding hydrogens is 256 g/mol. The van der Waals surface area contributed by atoms with E-state index in [1.165, 1.54) is 30.4 Å². The third-order valence-electron chi connectivity index (χ3n) is 6.24. The summed E-state index contributed by atoms with van der Waals surface area (Å²) < 4.78 is 0. The molecule has 5 unspecified atom stereocenters. The van der Waals surface area contributed by atoms with Crippen LogP contribution in [0, 0.1) is 29.6 Å². The number of hydrogen-bond acceptors (Lipinski definition) is 1. The molecule has 0 aliphatic heterocycles. The summed E-state index contributed by atoms with van der Waals surface area (Å²) in [5, 5.41) is 0. The second-order valence-electron chi connectivity index (χ2n) is 7.97. The van der Waals surface area contributed by atoms with E-state index >= 15 is 0 Å². The van der Waals surface area contributed by atoms with E-state index in [-0.39, 0.29) is 0 Å². The van der Waals surface area contributed by atoms with E-state index in [0.717, 1.165) is 24.7 Å². The van der Waals surface area contributed by atoms with Gasteiger partial charge in [0.2, 0.25) is 0 Å². The van der Waals surface area contributed by atoms with Crippen molar-refractivity contribution in [2.24, 2.45) is 29.6 Å². The van der Waals surface area contributed by atoms with Gasteiger partial charge in [-0.05, 0) is 66.9 Å². The third-order valence-corrected chi connectivity index (χ3v) is 6.24. The van der Waals surface area contributed by atoms with Gasteiger partial charge in [-0.2, -0.15) is 0 Å². The summed E-state index contributed by atoms with van der Waals surface area (Å²) in [6, 6.07) is 8.82. The molecule has 2 fully saturated rings. The molecule has 2 saturated carbocycles. The molecule has 5 atom stereocenters. The molecule has 0 amide bonds. The zero-order chi connectivity index (χ0) is 14.6. The Morgan fingerprint density at radius 2 is 1.76 bits per heavy atom. The Labute approximate surface area is 128 Å². The number of hydrogen-bond donors (Lipinski definition) is 0. The van der Waals surface area contributed by atoms with Gasteiger partial charge in [0.15, 0.2) is 0 Å². The number of carbonyl (C=O) groups excluding carboxylic acids is 1. The lowest BCUT2D eigenvalue weighted by Crippen LogP contribution is -2.27. The van der Waals surface area contributed by atoms with Crippen molar-refractivity contribution in [2.45, 2.75) is 51.9 Å². The molecule has 112 valence electrons. The monoisotopic (exact) mass is 282 g/mol. The lowest BCUT2D eigenvalue weighted by atomic mass is 9.74. The van der Waals surface area contributed by atoms with Crippen molar-refractivity contribution < 1.29 is 4.79 Å². The first-order valence-corrected chi connectivity index (χ1v) is 8.76. The van der Waals surface area contributed by atoms with Gasteiger partial charge in [-0.1, -0.05) is 38.1 Å². The van der Waals surface area contributed by atoms with Crippen LogP contribution >= 0.6 is 0 Å². The average Bonchev–Trinajstić information content (AvgIpc) is 3.20. The summed E-state index contributed by atoms with van der Waals surface area (Å²) in [6.07, 6.45) is 6.00. The topological polar surface area (TPSA) is 17.1 Å². The maximum Gasteiger partial charge on any atom is 0.139 e. The maximum absolute atomic E-state index is 13.0. The second-order valence-corrected chi connectivity index (χ2v) is 7.97. The molecule has 1 aromatic carbocycles. The van der Waals surface area contributed by atoms with Crippen LogP contribution in [0.5, 0.6) is 0 Å². The number of ketones is 1. The molecule has 0 N–H and O–H groups in total. The van der Waals surface area contributed by atoms with E-state index in [0.29, 0.717) is 29.5 Å². The molecule has 1 nitrogen and oxygen atoms in total. The minimum absolute atomic E-state index is 0.353. The molecule has 1 heteroatoms. The van der Waals surface area contributed by atoms with E-state index in [4.69, 9.17) is 0 Å². The lowest BCUT2D eigenvalue weighted by molar-refractivity contribution is -0.126. The molecule has 4 rings (SSSR count). The third kappa shape index (κ3) is 2.25. The summed E-state index contributed by atoms with van der Waals surface area (Å²) in [5.41, 5.74) is 2.99. The first-order valence-electron chi connectivity index (χ1n) is 8.76. The highest BCUT2D eigenvalue weighted by molar-refractivity contribution is 5.88. The molecule has 0 heterocycles. The molecule has 0 aromatic heterocycles. The Bertz CT molecular complexity index is 551. The largest absolute Gasteiger partial charge is 0.299 e. The molecular formula is C20H26O. The minimum atomic E-state index is 0.353. The van der Waals surface area contributed by atoms with Crippen molar-refractivity contribution in [1.29, 1.82) is 0 Å². The predicted molar refractivity (Wildman–Crippen MR) is 85.2 cm³/mol. The lowest BCUT2D eigenvalue weighted by Gasteiger charge is -2.30. The van der Waals surface area contributed by atoms with Crippen molar-refractivity contribution in [3.8, 4) is 0 Å². The van der Waals surface area contributed by atoms with Gasteiger partial charge in [0.25, 0.3) is 0 Å². The molecule has 3 aliphatic carbocycles. The Morgan fingerprint density at radius 3 is 2.52 bits per heavy atom. The maximum atomic E-state index is 13.0. The zero-order valence-corrected chi connectivity index (χ0v) is 13.2. The fourth-order valence-corrected chi connectivity index (χ4v) is 5.41. The zero-order valence-electron chi connectivity index (χ0n) is 13.2. The molecule has 0 spiro atoms. The number of aryl methyl sites for hydroxylation is 1. The summed E-state index contributed by atoms with van der Waals surface area (Å²) in [5.74, 6) is 4.02. The van der Waals surface area contributed by atoms with E-state index < -0.39 is 0 Å². The van der Waals surface area contributed by atoms with Crippen molar-refractivity contribution in [1.82, 2.24) is 0 Å². The number of benzene rings is 1. The SMILES string of the molecule is CC1CC(C)CC(C(=O)C2C3CCc4ccccc4C32)C1. The smallest absolute Gasteiger partial charge is 0.139 e. The first-order chi connectivity index (χ1) is 10.1. The van der Waals surface area contributed by atoms with E-state index in [1.54, 1.807) is 0 Å². The molecule has 0 saturated heterocycles. The molecule has 0 bridgehead atoms. The van der Waals surface area contributed by atoms with Gasteiger partial charge < -0.3 is 0 Å². The van der Waals surface area contributed by atoms with Crippen LogP contribution in [0.15, 0.2) is 24.3 Å². The number of rotatable bonds is 2. The molecule has 3 aliphatic rings. The van der Waals surface area contributed by atoms with E-state index in [9.17, 15) is 4.79 Å². The van der Waals surface area contributed by atoms with Crippen molar-refractivity contribution in [2.75, 3.05) is 0 Å². The average molecular weight is 282 g/mol. The van der Waals surface area contributed by atoms with Gasteiger partial charge in [0.05, 0.1) is 0 Å². The van der Waals surface area contributed by atoms with Crippen LogP contribution in [0.2, 0.25) is 0 Å². The molecule has 0 radical (unpaired) electrons. The normalized spacial score (nSPS) is 41.0. The van der Waals surface area contributed by atoms with Gasteiger partial charge in [-0.15, -0.1) is 0 Å². The quantitative estimate of drug-likeness (QED) is 0.774. The van der Waals surface area contributed by atoms with Gasteiger partial charge in [-0.25, -0.2) is 0 Å². The van der Waals surface area contributed by atoms with Gasteiger partial charge in [-0.3, -0.25) is 4.79 Å². The Balaban J connectivity index is 1.53. The minimum Gasteiger partial charge on any atom is -0.299 e. The van der Waals surface area contributed by atoms with Crippen molar-refractivity contribution >= 4 is 5.78 Å². The number of fused-ring (bicyclic) bond motifs is 3. The molecule has 21 heavy (non-hydrogen) atoms. The van der Waals surface area contributed by atoms with Crippen LogP contribution in [0.3, 0.4) is 0 Å². The fourth-order valence-electron chi connectivity index (χ4n) is 5.41. The number of Topliss-reactive ketones (excluding diaryl/α,β-unsaturated/α-hetero) is 1. The van der Waals surface area contributed by atoms with Gasteiger partial charge in [0.1, 0.15) is 5.78 Å². The number of carbonyl (C=O) groups is 1. The van der Waals surface area contributed by atoms with Crippen LogP contribution in [-0.4, -0.2) is 5.78 Å². The Kier molecular flexibility index (Phi) is 3.20. The van der Waals surface area contributed by atoms with Crippen LogP contribution in [0.25, 0.3) is 0 Å². The Hall–Kier alpha value is -1.11. The Morgan fingerprint density at radius 1 is 1.05 bits per heavy atom. The van der Waals surface area contributed by atoms with Crippen LogP contribution < -0.4 is 0 Å². The van der Waals surface area contributed by atoms with Crippen molar-refractivity contribution in [3.05, 3.63) is 35.4 Å². The first kappa shape index (κ1) is 13.5. The van der Waals surface area contributed by atoms with Crippen LogP contribution in [0.4, 0.5) is 0 Å². The highest BCUT2D eigenvalue weighted by Crippen LogP contribution is 2.61. The van der Waals surface area contributed by atoms with E-state index in [2.05, 4.69) is 38.1 Å². The highest BCUT2D eigenvalue weighted by atomic mass is 16.1. The van der Waals surface area contributed by atoms with Gasteiger partial charge in [0, 0.05) is 11.8 Å². The fraction of sp³-hybridized carbons (Fsp3) is 0.650. The summed E-state index contributed by atoms with van der Waals surface area (Å²) in [6.45, 7) is 4.65. The summed E-state index contributed by atoms with van der Waals surface area (Å²) >= 11 is 0. The van der Waals surface area contributed by atoms with Crippen molar-refractivity contribution in [3.63, 3.8) is 0 Å². The van der Waals surface area contributed by atoms with E-state index in [1.807, 2.05) is 0 Å². The predicted octanol–water partition coefficient (Wildman–Crippen LogP) is 4.60. The summed E-state index contributed by atoms with van der Waals surface area (Å²) in [4.78, 5) is 13.0. The second kappa shape index (κ2) is 4.97. The standard InChI is InChI=1S/C20H26O/c1-12-9-13(2)11-15(10-12)20(21)19-17-8-7-14-5-3-4-6-16(14)18(17)19/h3-6,12-13,15,17-19H,7-11H2,1-2H3.